The van der Waals surface area contributed by atoms with Crippen molar-refractivity contribution >= 4 is 11.8 Å². The van der Waals surface area contributed by atoms with Crippen LogP contribution < -0.4 is 9.47 Å². The Balaban J connectivity index is 2.88. The summed E-state index contributed by atoms with van der Waals surface area (Å²) in [5.41, 5.74) is 0. The van der Waals surface area contributed by atoms with Crippen LogP contribution in [0, 0.1) is 0 Å². The van der Waals surface area contributed by atoms with Crippen LogP contribution in [0.4, 0.5) is 0 Å². The molecule has 14 heavy (non-hydrogen) atoms. The highest BCUT2D eigenvalue weighted by Crippen LogP contribution is 2.32. The topological polar surface area (TPSA) is 18.5 Å². The van der Waals surface area contributed by atoms with Crippen LogP contribution >= 0.6 is 11.8 Å². The van der Waals surface area contributed by atoms with Gasteiger partial charge in [0.15, 0.2) is 0 Å². The second kappa shape index (κ2) is 5.81. The molecule has 3 heteroatoms. The fourth-order valence-corrected chi connectivity index (χ4v) is 1.99. The molecule has 0 aliphatic rings. The van der Waals surface area contributed by atoms with E-state index in [1.165, 1.54) is 0 Å². The number of ether oxygens (including phenoxy) is 2. The van der Waals surface area contributed by atoms with Crippen LogP contribution in [0.25, 0.3) is 0 Å². The predicted molar refractivity (Wildman–Crippen MR) is 60.6 cm³/mol. The summed E-state index contributed by atoms with van der Waals surface area (Å²) in [6, 6.07) is 5.90. The summed E-state index contributed by atoms with van der Waals surface area (Å²) in [6.45, 7) is 4.80. The molecule has 0 heterocycles. The van der Waals surface area contributed by atoms with Gasteiger partial charge >= 0.3 is 0 Å². The molecule has 0 fully saturated rings. The molecule has 2 nitrogen and oxygen atoms in total. The van der Waals surface area contributed by atoms with Crippen LogP contribution in [0.15, 0.2) is 23.1 Å². The number of methoxy groups -OCH3 is 1. The molecule has 1 aromatic carbocycles. The normalized spacial score (nSPS) is 9.93. The maximum absolute atomic E-state index is 5.42. The van der Waals surface area contributed by atoms with E-state index < -0.39 is 0 Å². The van der Waals surface area contributed by atoms with Gasteiger partial charge in [-0.3, -0.25) is 0 Å². The summed E-state index contributed by atoms with van der Waals surface area (Å²) in [7, 11) is 1.69. The van der Waals surface area contributed by atoms with E-state index in [-0.39, 0.29) is 0 Å². The average Bonchev–Trinajstić information content (AvgIpc) is 2.19. The van der Waals surface area contributed by atoms with Crippen LogP contribution in [-0.2, 0) is 0 Å². The van der Waals surface area contributed by atoms with Crippen LogP contribution in [0.3, 0.4) is 0 Å². The van der Waals surface area contributed by atoms with Gasteiger partial charge in [-0.05, 0) is 30.9 Å². The first kappa shape index (κ1) is 11.2. The van der Waals surface area contributed by atoms with Crippen LogP contribution in [0.5, 0.6) is 11.5 Å². The zero-order chi connectivity index (χ0) is 10.4. The Morgan fingerprint density at radius 3 is 2.64 bits per heavy atom. The van der Waals surface area contributed by atoms with Crippen molar-refractivity contribution in [2.45, 2.75) is 18.7 Å². The number of hydrogen-bond acceptors (Lipinski definition) is 3. The molecule has 0 aliphatic carbocycles. The lowest BCUT2D eigenvalue weighted by Crippen LogP contribution is -1.93. The van der Waals surface area contributed by atoms with Gasteiger partial charge in [-0.25, -0.2) is 0 Å². The number of hydrogen-bond donors (Lipinski definition) is 0. The molecule has 0 amide bonds. The first-order valence-corrected chi connectivity index (χ1v) is 5.74. The summed E-state index contributed by atoms with van der Waals surface area (Å²) >= 11 is 1.76. The average molecular weight is 212 g/mol. The number of rotatable bonds is 5. The molecule has 0 atom stereocenters. The minimum Gasteiger partial charge on any atom is -0.496 e. The molecular formula is C11H16O2S. The molecule has 0 radical (unpaired) electrons. The molecular weight excluding hydrogens is 196 g/mol. The van der Waals surface area contributed by atoms with E-state index in [9.17, 15) is 0 Å². The zero-order valence-electron chi connectivity index (χ0n) is 8.87. The quantitative estimate of drug-likeness (QED) is 0.698. The SMILES string of the molecule is CCOc1ccc(OC)c(SCC)c1. The fraction of sp³-hybridized carbons (Fsp3) is 0.455. The second-order valence-electron chi connectivity index (χ2n) is 2.68. The maximum Gasteiger partial charge on any atom is 0.132 e. The Bertz CT molecular complexity index is 287. The van der Waals surface area contributed by atoms with E-state index >= 15 is 0 Å². The monoisotopic (exact) mass is 212 g/mol. The second-order valence-corrected chi connectivity index (χ2v) is 3.98. The van der Waals surface area contributed by atoms with Crippen LogP contribution in [0.2, 0.25) is 0 Å². The lowest BCUT2D eigenvalue weighted by Gasteiger charge is -2.09. The fourth-order valence-electron chi connectivity index (χ4n) is 1.18. The molecule has 0 aliphatic heterocycles. The first-order valence-electron chi connectivity index (χ1n) is 4.75. The molecule has 0 spiro atoms. The van der Waals surface area contributed by atoms with E-state index in [0.29, 0.717) is 6.61 Å². The van der Waals surface area contributed by atoms with Crippen molar-refractivity contribution in [1.29, 1.82) is 0 Å². The third kappa shape index (κ3) is 2.84. The van der Waals surface area contributed by atoms with Crippen molar-refractivity contribution in [1.82, 2.24) is 0 Å². The smallest absolute Gasteiger partial charge is 0.132 e. The lowest BCUT2D eigenvalue weighted by molar-refractivity contribution is 0.337. The van der Waals surface area contributed by atoms with Gasteiger partial charge in [-0.15, -0.1) is 11.8 Å². The number of benzene rings is 1. The van der Waals surface area contributed by atoms with Crippen LogP contribution in [-0.4, -0.2) is 19.5 Å². The molecule has 0 N–H and O–H groups in total. The summed E-state index contributed by atoms with van der Waals surface area (Å²) in [6.07, 6.45) is 0. The summed E-state index contributed by atoms with van der Waals surface area (Å²) in [5, 5.41) is 0. The molecule has 0 saturated heterocycles. The Hall–Kier alpha value is -0.830. The molecule has 78 valence electrons. The van der Waals surface area contributed by atoms with Crippen molar-refractivity contribution in [2.24, 2.45) is 0 Å². The van der Waals surface area contributed by atoms with E-state index in [2.05, 4.69) is 6.92 Å². The maximum atomic E-state index is 5.42. The van der Waals surface area contributed by atoms with Gasteiger partial charge in [0.25, 0.3) is 0 Å². The van der Waals surface area contributed by atoms with E-state index in [1.807, 2.05) is 25.1 Å². The Labute approximate surface area is 89.6 Å². The van der Waals surface area contributed by atoms with Crippen molar-refractivity contribution in [3.63, 3.8) is 0 Å². The third-order valence-corrected chi connectivity index (χ3v) is 2.66. The Morgan fingerprint density at radius 1 is 1.29 bits per heavy atom. The third-order valence-electron chi connectivity index (χ3n) is 1.75. The Morgan fingerprint density at radius 2 is 2.07 bits per heavy atom. The largest absolute Gasteiger partial charge is 0.496 e. The van der Waals surface area contributed by atoms with Gasteiger partial charge < -0.3 is 9.47 Å². The molecule has 0 unspecified atom stereocenters. The van der Waals surface area contributed by atoms with Gasteiger partial charge in [0.2, 0.25) is 0 Å². The van der Waals surface area contributed by atoms with Crippen molar-refractivity contribution < 1.29 is 9.47 Å². The standard InChI is InChI=1S/C11H16O2S/c1-4-13-9-6-7-10(12-3)11(8-9)14-5-2/h6-8H,4-5H2,1-3H3. The lowest BCUT2D eigenvalue weighted by atomic mass is 10.3. The van der Waals surface area contributed by atoms with E-state index in [0.717, 1.165) is 22.1 Å². The van der Waals surface area contributed by atoms with Crippen molar-refractivity contribution in [3.05, 3.63) is 18.2 Å². The Kier molecular flexibility index (Phi) is 4.66. The highest BCUT2D eigenvalue weighted by atomic mass is 32.2. The molecule has 1 aromatic rings. The van der Waals surface area contributed by atoms with Gasteiger partial charge in [0, 0.05) is 0 Å². The van der Waals surface area contributed by atoms with E-state index in [4.69, 9.17) is 9.47 Å². The molecule has 0 aromatic heterocycles. The highest BCUT2D eigenvalue weighted by molar-refractivity contribution is 7.99. The first-order chi connectivity index (χ1) is 6.81. The zero-order valence-corrected chi connectivity index (χ0v) is 9.69. The van der Waals surface area contributed by atoms with Gasteiger partial charge in [0.1, 0.15) is 11.5 Å². The molecule has 1 rings (SSSR count). The van der Waals surface area contributed by atoms with Crippen molar-refractivity contribution in [3.8, 4) is 11.5 Å². The summed E-state index contributed by atoms with van der Waals surface area (Å²) in [5.74, 6) is 2.86. The van der Waals surface area contributed by atoms with Crippen molar-refractivity contribution in [2.75, 3.05) is 19.5 Å². The number of thioether (sulfide) groups is 1. The highest BCUT2D eigenvalue weighted by Gasteiger charge is 2.04. The molecule has 0 bridgehead atoms. The van der Waals surface area contributed by atoms with Gasteiger partial charge in [0.05, 0.1) is 18.6 Å². The van der Waals surface area contributed by atoms with E-state index in [1.54, 1.807) is 18.9 Å². The van der Waals surface area contributed by atoms with Gasteiger partial charge in [-0.1, -0.05) is 6.92 Å². The van der Waals surface area contributed by atoms with Gasteiger partial charge in [-0.2, -0.15) is 0 Å². The summed E-state index contributed by atoms with van der Waals surface area (Å²) < 4.78 is 10.7. The minimum absolute atomic E-state index is 0.697. The summed E-state index contributed by atoms with van der Waals surface area (Å²) in [4.78, 5) is 1.14. The minimum atomic E-state index is 0.697. The van der Waals surface area contributed by atoms with Crippen LogP contribution in [0.1, 0.15) is 13.8 Å². The molecule has 0 saturated carbocycles. The predicted octanol–water partition coefficient (Wildman–Crippen LogP) is 3.21.